The van der Waals surface area contributed by atoms with Crippen LogP contribution in [0.4, 0.5) is 0 Å². The van der Waals surface area contributed by atoms with Gasteiger partial charge in [-0.1, -0.05) is 12.1 Å². The molecule has 2 N–H and O–H groups in total. The summed E-state index contributed by atoms with van der Waals surface area (Å²) >= 11 is 0. The molecule has 0 radical (unpaired) electrons. The van der Waals surface area contributed by atoms with Crippen molar-refractivity contribution < 1.29 is 0 Å². The lowest BCUT2D eigenvalue weighted by Crippen LogP contribution is -2.04. The van der Waals surface area contributed by atoms with Crippen molar-refractivity contribution in [3.8, 4) is 11.3 Å². The molecule has 0 spiro atoms. The SMILES string of the molecule is CNCc1cc(-c2ccc3c(c2)CCC3)[nH]c1C. The minimum absolute atomic E-state index is 0.924. The van der Waals surface area contributed by atoms with Crippen molar-refractivity contribution in [2.75, 3.05) is 7.05 Å². The number of H-pyrrole nitrogens is 1. The Bertz CT molecular complexity index is 566. The van der Waals surface area contributed by atoms with Gasteiger partial charge in [-0.25, -0.2) is 0 Å². The first-order valence-electron chi connectivity index (χ1n) is 6.73. The summed E-state index contributed by atoms with van der Waals surface area (Å²) in [6.07, 6.45) is 3.81. The summed E-state index contributed by atoms with van der Waals surface area (Å²) < 4.78 is 0. The van der Waals surface area contributed by atoms with Gasteiger partial charge in [-0.3, -0.25) is 0 Å². The molecule has 2 heteroatoms. The van der Waals surface area contributed by atoms with Gasteiger partial charge in [0.25, 0.3) is 0 Å². The van der Waals surface area contributed by atoms with E-state index in [1.54, 1.807) is 0 Å². The fourth-order valence-corrected chi connectivity index (χ4v) is 2.87. The first-order valence-corrected chi connectivity index (χ1v) is 6.73. The first kappa shape index (κ1) is 11.5. The van der Waals surface area contributed by atoms with Gasteiger partial charge in [0.15, 0.2) is 0 Å². The lowest BCUT2D eigenvalue weighted by molar-refractivity contribution is 0.812. The molecule has 1 heterocycles. The molecule has 1 aromatic carbocycles. The van der Waals surface area contributed by atoms with Gasteiger partial charge < -0.3 is 10.3 Å². The molecule has 0 fully saturated rings. The van der Waals surface area contributed by atoms with Gasteiger partial charge in [-0.2, -0.15) is 0 Å². The zero-order valence-corrected chi connectivity index (χ0v) is 11.1. The van der Waals surface area contributed by atoms with Crippen molar-refractivity contribution in [3.63, 3.8) is 0 Å². The van der Waals surface area contributed by atoms with Crippen LogP contribution in [0.3, 0.4) is 0 Å². The lowest BCUT2D eigenvalue weighted by Gasteiger charge is -2.03. The Kier molecular flexibility index (Phi) is 2.96. The zero-order chi connectivity index (χ0) is 12.5. The van der Waals surface area contributed by atoms with Crippen LogP contribution in [0.25, 0.3) is 11.3 Å². The molecule has 0 saturated heterocycles. The van der Waals surface area contributed by atoms with E-state index >= 15 is 0 Å². The van der Waals surface area contributed by atoms with E-state index in [1.165, 1.54) is 52.9 Å². The molecule has 2 nitrogen and oxygen atoms in total. The number of fused-ring (bicyclic) bond motifs is 1. The number of aromatic amines is 1. The third kappa shape index (κ3) is 1.97. The van der Waals surface area contributed by atoms with Gasteiger partial charge in [-0.05, 0) is 67.6 Å². The molecular weight excluding hydrogens is 220 g/mol. The topological polar surface area (TPSA) is 27.8 Å². The Hall–Kier alpha value is -1.54. The molecule has 0 unspecified atom stereocenters. The normalized spacial score (nSPS) is 13.9. The molecule has 1 aromatic heterocycles. The number of aromatic nitrogens is 1. The Morgan fingerprint density at radius 1 is 1.17 bits per heavy atom. The Morgan fingerprint density at radius 3 is 2.83 bits per heavy atom. The maximum absolute atomic E-state index is 3.50. The molecule has 1 aliphatic carbocycles. The van der Waals surface area contributed by atoms with E-state index in [0.717, 1.165) is 6.54 Å². The second kappa shape index (κ2) is 4.62. The molecule has 18 heavy (non-hydrogen) atoms. The molecule has 3 rings (SSSR count). The van der Waals surface area contributed by atoms with Crippen LogP contribution in [-0.4, -0.2) is 12.0 Å². The first-order chi connectivity index (χ1) is 8.78. The Labute approximate surface area is 108 Å². The lowest BCUT2D eigenvalue weighted by atomic mass is 10.0. The average molecular weight is 240 g/mol. The molecule has 0 amide bonds. The van der Waals surface area contributed by atoms with Crippen LogP contribution in [0.5, 0.6) is 0 Å². The summed E-state index contributed by atoms with van der Waals surface area (Å²) in [5.74, 6) is 0. The van der Waals surface area contributed by atoms with Gasteiger partial charge in [0.2, 0.25) is 0 Å². The second-order valence-electron chi connectivity index (χ2n) is 5.20. The highest BCUT2D eigenvalue weighted by atomic mass is 14.8. The quantitative estimate of drug-likeness (QED) is 0.847. The van der Waals surface area contributed by atoms with Crippen LogP contribution < -0.4 is 5.32 Å². The van der Waals surface area contributed by atoms with E-state index in [-0.39, 0.29) is 0 Å². The van der Waals surface area contributed by atoms with Crippen molar-refractivity contribution in [3.05, 3.63) is 46.6 Å². The largest absolute Gasteiger partial charge is 0.358 e. The van der Waals surface area contributed by atoms with Crippen LogP contribution in [0.15, 0.2) is 24.3 Å². The standard InChI is InChI=1S/C16H20N2/c1-11-15(10-17-2)9-16(18-11)14-7-6-12-4-3-5-13(12)8-14/h6-9,17-18H,3-5,10H2,1-2H3. The molecule has 2 aromatic rings. The fourth-order valence-electron chi connectivity index (χ4n) is 2.87. The Balaban J connectivity index is 1.97. The number of aryl methyl sites for hydroxylation is 3. The highest BCUT2D eigenvalue weighted by Gasteiger charge is 2.12. The number of rotatable bonds is 3. The van der Waals surface area contributed by atoms with E-state index in [0.29, 0.717) is 0 Å². The fraction of sp³-hybridized carbons (Fsp3) is 0.375. The summed E-state index contributed by atoms with van der Waals surface area (Å²) in [6, 6.07) is 9.17. The number of hydrogen-bond acceptors (Lipinski definition) is 1. The van der Waals surface area contributed by atoms with Crippen LogP contribution in [0.1, 0.15) is 28.8 Å². The molecule has 94 valence electrons. The van der Waals surface area contributed by atoms with Crippen molar-refractivity contribution in [1.29, 1.82) is 0 Å². The minimum Gasteiger partial charge on any atom is -0.358 e. The summed E-state index contributed by atoms with van der Waals surface area (Å²) in [5, 5.41) is 3.21. The predicted octanol–water partition coefficient (Wildman–Crippen LogP) is 3.20. The maximum atomic E-state index is 3.50. The average Bonchev–Trinajstić information content (AvgIpc) is 2.96. The van der Waals surface area contributed by atoms with Gasteiger partial charge in [0.05, 0.1) is 0 Å². The summed E-state index contributed by atoms with van der Waals surface area (Å²) in [5.41, 5.74) is 8.26. The van der Waals surface area contributed by atoms with Crippen molar-refractivity contribution in [2.24, 2.45) is 0 Å². The summed E-state index contributed by atoms with van der Waals surface area (Å²) in [7, 11) is 1.99. The summed E-state index contributed by atoms with van der Waals surface area (Å²) in [4.78, 5) is 3.50. The van der Waals surface area contributed by atoms with Gasteiger partial charge in [0, 0.05) is 17.9 Å². The van der Waals surface area contributed by atoms with E-state index in [1.807, 2.05) is 7.05 Å². The highest BCUT2D eigenvalue weighted by molar-refractivity contribution is 5.63. The number of hydrogen-bond donors (Lipinski definition) is 2. The van der Waals surface area contributed by atoms with Gasteiger partial charge in [0.1, 0.15) is 0 Å². The van der Waals surface area contributed by atoms with Crippen molar-refractivity contribution >= 4 is 0 Å². The van der Waals surface area contributed by atoms with E-state index in [2.05, 4.69) is 41.5 Å². The van der Waals surface area contributed by atoms with E-state index < -0.39 is 0 Å². The van der Waals surface area contributed by atoms with Crippen LogP contribution in [0.2, 0.25) is 0 Å². The van der Waals surface area contributed by atoms with Crippen LogP contribution >= 0.6 is 0 Å². The molecule has 1 aliphatic rings. The number of benzene rings is 1. The zero-order valence-electron chi connectivity index (χ0n) is 11.1. The summed E-state index contributed by atoms with van der Waals surface area (Å²) in [6.45, 7) is 3.07. The van der Waals surface area contributed by atoms with Crippen LogP contribution in [-0.2, 0) is 19.4 Å². The predicted molar refractivity (Wildman–Crippen MR) is 75.8 cm³/mol. The third-order valence-electron chi connectivity index (χ3n) is 3.90. The molecule has 0 aliphatic heterocycles. The van der Waals surface area contributed by atoms with Crippen molar-refractivity contribution in [2.45, 2.75) is 32.7 Å². The van der Waals surface area contributed by atoms with E-state index in [9.17, 15) is 0 Å². The minimum atomic E-state index is 0.924. The van der Waals surface area contributed by atoms with Crippen LogP contribution in [0, 0.1) is 6.92 Å². The van der Waals surface area contributed by atoms with E-state index in [4.69, 9.17) is 0 Å². The molecule has 0 saturated carbocycles. The second-order valence-corrected chi connectivity index (χ2v) is 5.20. The monoisotopic (exact) mass is 240 g/mol. The highest BCUT2D eigenvalue weighted by Crippen LogP contribution is 2.28. The molecule has 0 atom stereocenters. The maximum Gasteiger partial charge on any atom is 0.0459 e. The molecule has 0 bridgehead atoms. The van der Waals surface area contributed by atoms with Gasteiger partial charge in [-0.15, -0.1) is 0 Å². The molecular formula is C16H20N2. The smallest absolute Gasteiger partial charge is 0.0459 e. The Morgan fingerprint density at radius 2 is 2.00 bits per heavy atom. The number of nitrogens with one attached hydrogen (secondary N) is 2. The van der Waals surface area contributed by atoms with Gasteiger partial charge >= 0.3 is 0 Å². The van der Waals surface area contributed by atoms with Crippen molar-refractivity contribution in [1.82, 2.24) is 10.3 Å². The third-order valence-corrected chi connectivity index (χ3v) is 3.90.